The summed E-state index contributed by atoms with van der Waals surface area (Å²) >= 11 is 12.2. The van der Waals surface area contributed by atoms with Crippen LogP contribution in [0.25, 0.3) is 0 Å². The lowest BCUT2D eigenvalue weighted by Crippen LogP contribution is -2.56. The molecule has 0 radical (unpaired) electrons. The molecule has 4 saturated carbocycles. The minimum absolute atomic E-state index is 0.0643. The monoisotopic (exact) mass is 560 g/mol. The van der Waals surface area contributed by atoms with Crippen LogP contribution >= 0.6 is 23.2 Å². The van der Waals surface area contributed by atoms with Gasteiger partial charge in [0.2, 0.25) is 5.91 Å². The van der Waals surface area contributed by atoms with E-state index < -0.39 is 0 Å². The molecule has 7 rings (SSSR count). The lowest BCUT2D eigenvalue weighted by atomic mass is 9.43. The first-order valence-corrected chi connectivity index (χ1v) is 14.7. The molecule has 0 spiro atoms. The third kappa shape index (κ3) is 5.39. The van der Waals surface area contributed by atoms with Crippen LogP contribution in [0.5, 0.6) is 0 Å². The number of benzene rings is 3. The van der Waals surface area contributed by atoms with Crippen molar-refractivity contribution in [3.8, 4) is 0 Å². The maximum Gasteiger partial charge on any atom is 0.225 e. The molecule has 0 unspecified atom stereocenters. The van der Waals surface area contributed by atoms with Gasteiger partial charge in [0.15, 0.2) is 0 Å². The van der Waals surface area contributed by atoms with Crippen LogP contribution in [0.3, 0.4) is 0 Å². The Morgan fingerprint density at radius 3 is 2.21 bits per heavy atom. The molecular weight excluding hydrogens is 527 g/mol. The fraction of sp³-hybridized carbons (Fsp3) is 0.394. The first-order valence-electron chi connectivity index (χ1n) is 14.0. The zero-order valence-corrected chi connectivity index (χ0v) is 23.5. The van der Waals surface area contributed by atoms with Gasteiger partial charge >= 0.3 is 0 Å². The van der Waals surface area contributed by atoms with Crippen molar-refractivity contribution in [1.29, 1.82) is 5.41 Å². The van der Waals surface area contributed by atoms with E-state index in [0.29, 0.717) is 40.6 Å². The average Bonchev–Trinajstić information content (AvgIpc) is 2.92. The molecule has 4 fully saturated rings. The molecule has 3 aromatic carbocycles. The number of nitrogens with one attached hydrogen (secondary N) is 2. The van der Waals surface area contributed by atoms with Gasteiger partial charge in [0, 0.05) is 27.6 Å². The minimum atomic E-state index is -0.0643. The largest absolute Gasteiger partial charge is 0.370 e. The van der Waals surface area contributed by atoms with Gasteiger partial charge in [-0.15, -0.1) is 0 Å². The maximum absolute atomic E-state index is 13.5. The van der Waals surface area contributed by atoms with Crippen LogP contribution < -0.4 is 5.32 Å². The van der Waals surface area contributed by atoms with Crippen molar-refractivity contribution in [2.45, 2.75) is 50.5 Å². The molecule has 0 aliphatic heterocycles. The average molecular weight is 562 g/mol. The van der Waals surface area contributed by atoms with E-state index in [1.807, 2.05) is 30.3 Å². The van der Waals surface area contributed by atoms with Gasteiger partial charge in [0.1, 0.15) is 0 Å². The first-order chi connectivity index (χ1) is 18.9. The van der Waals surface area contributed by atoms with E-state index in [1.54, 1.807) is 12.1 Å². The van der Waals surface area contributed by atoms with Crippen LogP contribution in [0, 0.1) is 29.1 Å². The maximum atomic E-state index is 13.5. The second-order valence-corrected chi connectivity index (χ2v) is 12.6. The number of anilines is 1. The van der Waals surface area contributed by atoms with Crippen molar-refractivity contribution in [2.24, 2.45) is 23.7 Å². The Balaban J connectivity index is 1.09. The Hall–Kier alpha value is -2.66. The minimum Gasteiger partial charge on any atom is -0.370 e. The molecule has 0 heterocycles. The lowest BCUT2D eigenvalue weighted by Gasteiger charge is -2.61. The predicted octanol–water partition coefficient (Wildman–Crippen LogP) is 8.30. The molecular formula is C33H34Cl2N2O2. The van der Waals surface area contributed by atoms with Crippen molar-refractivity contribution >= 4 is 40.5 Å². The number of hydrogen-bond donors (Lipinski definition) is 2. The van der Waals surface area contributed by atoms with Crippen molar-refractivity contribution in [3.63, 3.8) is 0 Å². The second-order valence-electron chi connectivity index (χ2n) is 11.7. The molecule has 4 bridgehead atoms. The van der Waals surface area contributed by atoms with E-state index in [0.717, 1.165) is 28.7 Å². The third-order valence-electron chi connectivity index (χ3n) is 9.40. The highest BCUT2D eigenvalue weighted by Crippen LogP contribution is 2.64. The molecule has 4 aliphatic rings. The second kappa shape index (κ2) is 11.1. The summed E-state index contributed by atoms with van der Waals surface area (Å²) in [6, 6.07) is 23.6. The zero-order chi connectivity index (χ0) is 27.0. The molecule has 0 aromatic heterocycles. The lowest BCUT2D eigenvalue weighted by molar-refractivity contribution is -0.124. The number of carbonyl (C=O) groups is 1. The molecule has 3 aromatic rings. The fourth-order valence-electron chi connectivity index (χ4n) is 7.85. The number of carbonyl (C=O) groups excluding carboxylic acids is 1. The van der Waals surface area contributed by atoms with E-state index >= 15 is 0 Å². The molecule has 6 heteroatoms. The Morgan fingerprint density at radius 2 is 1.56 bits per heavy atom. The van der Waals surface area contributed by atoms with Crippen LogP contribution in [0.4, 0.5) is 5.69 Å². The summed E-state index contributed by atoms with van der Waals surface area (Å²) in [5, 5.41) is 12.7. The van der Waals surface area contributed by atoms with Gasteiger partial charge in [-0.05, 0) is 96.7 Å². The summed E-state index contributed by atoms with van der Waals surface area (Å²) in [6.45, 7) is 0.466. The standard InChI is InChI=1S/C33H34Cl2N2O2/c34-28-9-6-24(30(35)17-28)19-39-20-31(36)23-7-10-29(11-8-23)37-32(38)18-33(25-4-2-1-3-5-25)26-13-21-12-22(15-26)16-27(33)14-21/h1-11,17,21-22,26-27,36H,12-16,18-20H2,(H,37,38). The molecule has 202 valence electrons. The van der Waals surface area contributed by atoms with Crippen molar-refractivity contribution < 1.29 is 9.53 Å². The summed E-state index contributed by atoms with van der Waals surface area (Å²) in [7, 11) is 0. The number of amides is 1. The van der Waals surface area contributed by atoms with Crippen molar-refractivity contribution in [1.82, 2.24) is 0 Å². The van der Waals surface area contributed by atoms with Gasteiger partial charge < -0.3 is 15.5 Å². The normalized spacial score (nSPS) is 26.9. The summed E-state index contributed by atoms with van der Waals surface area (Å²) in [5.74, 6) is 2.96. The number of halogens is 2. The van der Waals surface area contributed by atoms with Crippen LogP contribution in [-0.4, -0.2) is 18.2 Å². The topological polar surface area (TPSA) is 62.2 Å². The highest BCUT2D eigenvalue weighted by atomic mass is 35.5. The molecule has 39 heavy (non-hydrogen) atoms. The summed E-state index contributed by atoms with van der Waals surface area (Å²) in [5.41, 5.74) is 4.01. The van der Waals surface area contributed by atoms with Gasteiger partial charge in [-0.2, -0.15) is 0 Å². The van der Waals surface area contributed by atoms with Crippen LogP contribution in [-0.2, 0) is 21.6 Å². The van der Waals surface area contributed by atoms with Gasteiger partial charge in [-0.3, -0.25) is 4.79 Å². The summed E-state index contributed by atoms with van der Waals surface area (Å²) < 4.78 is 5.71. The predicted molar refractivity (Wildman–Crippen MR) is 158 cm³/mol. The number of rotatable bonds is 9. The van der Waals surface area contributed by atoms with Crippen LogP contribution in [0.15, 0.2) is 72.8 Å². The molecule has 0 saturated heterocycles. The van der Waals surface area contributed by atoms with Crippen LogP contribution in [0.2, 0.25) is 10.0 Å². The van der Waals surface area contributed by atoms with Gasteiger partial charge in [0.25, 0.3) is 0 Å². The molecule has 0 atom stereocenters. The molecule has 1 amide bonds. The molecule has 2 N–H and O–H groups in total. The first kappa shape index (κ1) is 26.6. The van der Waals surface area contributed by atoms with E-state index in [1.165, 1.54) is 37.7 Å². The Kier molecular flexibility index (Phi) is 7.54. The van der Waals surface area contributed by atoms with Crippen LogP contribution in [0.1, 0.15) is 55.2 Å². The Labute approximate surface area is 240 Å². The van der Waals surface area contributed by atoms with Gasteiger partial charge in [-0.25, -0.2) is 0 Å². The molecule has 4 nitrogen and oxygen atoms in total. The zero-order valence-electron chi connectivity index (χ0n) is 22.0. The number of hydrogen-bond acceptors (Lipinski definition) is 3. The quantitative estimate of drug-likeness (QED) is 0.258. The van der Waals surface area contributed by atoms with Crippen molar-refractivity contribution in [2.75, 3.05) is 11.9 Å². The van der Waals surface area contributed by atoms with Crippen molar-refractivity contribution in [3.05, 3.63) is 99.5 Å². The number of ether oxygens (including phenoxy) is 1. The highest BCUT2D eigenvalue weighted by molar-refractivity contribution is 6.35. The van der Waals surface area contributed by atoms with E-state index in [2.05, 4.69) is 35.6 Å². The highest BCUT2D eigenvalue weighted by Gasteiger charge is 2.58. The third-order valence-corrected chi connectivity index (χ3v) is 9.98. The SMILES string of the molecule is N=C(COCc1ccc(Cl)cc1Cl)c1ccc(NC(=O)CC2(c3ccccc3)C3CC4CC(C3)CC2C4)cc1. The summed E-state index contributed by atoms with van der Waals surface area (Å²) in [4.78, 5) is 13.5. The molecule has 4 aliphatic carbocycles. The van der Waals surface area contributed by atoms with Gasteiger partial charge in [-0.1, -0.05) is 71.7 Å². The van der Waals surface area contributed by atoms with Gasteiger partial charge in [0.05, 0.1) is 18.9 Å². The van der Waals surface area contributed by atoms with E-state index in [9.17, 15) is 4.79 Å². The smallest absolute Gasteiger partial charge is 0.225 e. The van der Waals surface area contributed by atoms with E-state index in [-0.39, 0.29) is 17.9 Å². The Morgan fingerprint density at radius 1 is 0.897 bits per heavy atom. The van der Waals surface area contributed by atoms with E-state index in [4.69, 9.17) is 33.3 Å². The summed E-state index contributed by atoms with van der Waals surface area (Å²) in [6.07, 6.45) is 6.98. The Bertz CT molecular complexity index is 1330. The fourth-order valence-corrected chi connectivity index (χ4v) is 8.31.